The lowest BCUT2D eigenvalue weighted by Gasteiger charge is -2.12. The first-order chi connectivity index (χ1) is 9.78. The van der Waals surface area contributed by atoms with Crippen LogP contribution in [0, 0.1) is 0 Å². The molecule has 0 aliphatic heterocycles. The number of methoxy groups -OCH3 is 2. The first-order valence-corrected chi connectivity index (χ1v) is 6.18. The summed E-state index contributed by atoms with van der Waals surface area (Å²) in [4.78, 5) is 8.29. The molecule has 2 rings (SSSR count). The third-order valence-corrected chi connectivity index (χ3v) is 2.69. The molecule has 2 N–H and O–H groups in total. The molecule has 20 heavy (non-hydrogen) atoms. The van der Waals surface area contributed by atoms with Crippen molar-refractivity contribution in [2.75, 3.05) is 20.8 Å². The Morgan fingerprint density at radius 2 is 1.65 bits per heavy atom. The highest BCUT2D eigenvalue weighted by Gasteiger charge is 2.13. The van der Waals surface area contributed by atoms with Gasteiger partial charge in [0.2, 0.25) is 5.75 Å². The largest absolute Gasteiger partial charge is 0.493 e. The van der Waals surface area contributed by atoms with E-state index < -0.39 is 0 Å². The lowest BCUT2D eigenvalue weighted by atomic mass is 10.2. The van der Waals surface area contributed by atoms with E-state index in [1.165, 1.54) is 0 Å². The summed E-state index contributed by atoms with van der Waals surface area (Å²) in [6.07, 6.45) is 4.12. The maximum Gasteiger partial charge on any atom is 0.322 e. The lowest BCUT2D eigenvalue weighted by Crippen LogP contribution is -2.04. The van der Waals surface area contributed by atoms with Crippen LogP contribution in [0.25, 0.3) is 0 Å². The molecule has 1 heterocycles. The zero-order chi connectivity index (χ0) is 14.4. The fraction of sp³-hybridized carbons (Fsp3) is 0.286. The summed E-state index contributed by atoms with van der Waals surface area (Å²) in [5.41, 5.74) is 6.44. The van der Waals surface area contributed by atoms with Crippen LogP contribution < -0.4 is 19.9 Å². The van der Waals surface area contributed by atoms with Gasteiger partial charge in [-0.1, -0.05) is 6.07 Å². The van der Waals surface area contributed by atoms with Crippen molar-refractivity contribution < 1.29 is 14.2 Å². The highest BCUT2D eigenvalue weighted by molar-refractivity contribution is 5.52. The van der Waals surface area contributed by atoms with Gasteiger partial charge in [-0.15, -0.1) is 0 Å². The van der Waals surface area contributed by atoms with E-state index in [1.54, 1.807) is 38.7 Å². The molecule has 0 bridgehead atoms. The van der Waals surface area contributed by atoms with E-state index in [9.17, 15) is 0 Å². The van der Waals surface area contributed by atoms with Crippen LogP contribution >= 0.6 is 0 Å². The molecule has 106 valence electrons. The van der Waals surface area contributed by atoms with E-state index in [0.717, 1.165) is 12.0 Å². The molecule has 0 fully saturated rings. The molecule has 0 saturated carbocycles. The number of hydrogen-bond acceptors (Lipinski definition) is 6. The van der Waals surface area contributed by atoms with Crippen LogP contribution in [0.3, 0.4) is 0 Å². The number of rotatable bonds is 6. The predicted octanol–water partition coefficient (Wildman–Crippen LogP) is 1.79. The van der Waals surface area contributed by atoms with E-state index in [-0.39, 0.29) is 6.01 Å². The number of nitrogens with two attached hydrogens (primary N) is 1. The average molecular weight is 275 g/mol. The second kappa shape index (κ2) is 6.72. The van der Waals surface area contributed by atoms with E-state index in [0.29, 0.717) is 23.8 Å². The van der Waals surface area contributed by atoms with Crippen LogP contribution in [0.5, 0.6) is 23.3 Å². The molecule has 0 aliphatic rings. The Morgan fingerprint density at radius 3 is 2.15 bits per heavy atom. The summed E-state index contributed by atoms with van der Waals surface area (Å²) in [7, 11) is 3.12. The highest BCUT2D eigenvalue weighted by atomic mass is 16.5. The molecule has 0 saturated heterocycles. The molecule has 0 aliphatic carbocycles. The minimum Gasteiger partial charge on any atom is -0.493 e. The normalized spacial score (nSPS) is 10.2. The van der Waals surface area contributed by atoms with Gasteiger partial charge in [0.05, 0.1) is 14.2 Å². The average Bonchev–Trinajstić information content (AvgIpc) is 2.49. The minimum atomic E-state index is 0.230. The number of ether oxygens (including phenoxy) is 3. The summed E-state index contributed by atoms with van der Waals surface area (Å²) in [5.74, 6) is 1.56. The standard InChI is InChI=1S/C14H17N3O3/c1-18-11-4-3-5-12(19-2)13(11)20-14-16-8-10(6-7-15)9-17-14/h3-5,8-9H,6-7,15H2,1-2H3. The summed E-state index contributed by atoms with van der Waals surface area (Å²) >= 11 is 0. The van der Waals surface area contributed by atoms with Gasteiger partial charge in [0, 0.05) is 12.4 Å². The van der Waals surface area contributed by atoms with Gasteiger partial charge in [0.15, 0.2) is 11.5 Å². The van der Waals surface area contributed by atoms with Gasteiger partial charge < -0.3 is 19.9 Å². The highest BCUT2D eigenvalue weighted by Crippen LogP contribution is 2.38. The second-order valence-electron chi connectivity index (χ2n) is 4.01. The van der Waals surface area contributed by atoms with Crippen LogP contribution in [0.1, 0.15) is 5.56 Å². The maximum atomic E-state index is 5.65. The first kappa shape index (κ1) is 14.1. The van der Waals surface area contributed by atoms with Gasteiger partial charge >= 0.3 is 6.01 Å². The molecule has 0 unspecified atom stereocenters. The Balaban J connectivity index is 2.24. The molecule has 1 aromatic carbocycles. The van der Waals surface area contributed by atoms with E-state index in [2.05, 4.69) is 9.97 Å². The molecular weight excluding hydrogens is 258 g/mol. The Morgan fingerprint density at radius 1 is 1.05 bits per heavy atom. The SMILES string of the molecule is COc1cccc(OC)c1Oc1ncc(CCN)cn1. The van der Waals surface area contributed by atoms with E-state index in [1.807, 2.05) is 6.07 Å². The van der Waals surface area contributed by atoms with Crippen LogP contribution in [0.15, 0.2) is 30.6 Å². The number of nitrogens with zero attached hydrogens (tertiary/aromatic N) is 2. The zero-order valence-electron chi connectivity index (χ0n) is 11.5. The molecule has 0 amide bonds. The van der Waals surface area contributed by atoms with Crippen LogP contribution in [0.4, 0.5) is 0 Å². The Labute approximate surface area is 117 Å². The van der Waals surface area contributed by atoms with Crippen molar-refractivity contribution in [1.29, 1.82) is 0 Å². The molecule has 0 radical (unpaired) electrons. The number of hydrogen-bond donors (Lipinski definition) is 1. The zero-order valence-corrected chi connectivity index (χ0v) is 11.5. The van der Waals surface area contributed by atoms with Crippen molar-refractivity contribution in [2.24, 2.45) is 5.73 Å². The third kappa shape index (κ3) is 3.16. The van der Waals surface area contributed by atoms with Crippen molar-refractivity contribution in [3.05, 3.63) is 36.2 Å². The summed E-state index contributed by atoms with van der Waals surface area (Å²) in [6.45, 7) is 0.559. The quantitative estimate of drug-likeness (QED) is 0.865. The number of para-hydroxylation sites is 1. The summed E-state index contributed by atoms with van der Waals surface area (Å²) in [5, 5.41) is 0. The molecular formula is C14H17N3O3. The van der Waals surface area contributed by atoms with Crippen molar-refractivity contribution in [3.63, 3.8) is 0 Å². The minimum absolute atomic E-state index is 0.230. The van der Waals surface area contributed by atoms with Gasteiger partial charge in [-0.05, 0) is 30.7 Å². The fourth-order valence-corrected chi connectivity index (χ4v) is 1.70. The fourth-order valence-electron chi connectivity index (χ4n) is 1.70. The van der Waals surface area contributed by atoms with Crippen LogP contribution in [-0.4, -0.2) is 30.7 Å². The summed E-state index contributed by atoms with van der Waals surface area (Å²) in [6, 6.07) is 5.60. The lowest BCUT2D eigenvalue weighted by molar-refractivity contribution is 0.336. The summed E-state index contributed by atoms with van der Waals surface area (Å²) < 4.78 is 16.1. The van der Waals surface area contributed by atoms with E-state index in [4.69, 9.17) is 19.9 Å². The van der Waals surface area contributed by atoms with Gasteiger partial charge in [0.1, 0.15) is 0 Å². The van der Waals surface area contributed by atoms with Crippen molar-refractivity contribution in [3.8, 4) is 23.3 Å². The monoisotopic (exact) mass is 275 g/mol. The predicted molar refractivity (Wildman–Crippen MR) is 74.4 cm³/mol. The molecule has 0 atom stereocenters. The molecule has 2 aromatic rings. The molecule has 6 nitrogen and oxygen atoms in total. The van der Waals surface area contributed by atoms with Gasteiger partial charge in [-0.25, -0.2) is 9.97 Å². The third-order valence-electron chi connectivity index (χ3n) is 2.69. The van der Waals surface area contributed by atoms with Crippen LogP contribution in [-0.2, 0) is 6.42 Å². The molecule has 0 spiro atoms. The van der Waals surface area contributed by atoms with Gasteiger partial charge in [-0.3, -0.25) is 0 Å². The molecule has 6 heteroatoms. The maximum absolute atomic E-state index is 5.65. The van der Waals surface area contributed by atoms with Gasteiger partial charge in [0.25, 0.3) is 0 Å². The number of aromatic nitrogens is 2. The Kier molecular flexibility index (Phi) is 4.73. The van der Waals surface area contributed by atoms with Crippen LogP contribution in [0.2, 0.25) is 0 Å². The van der Waals surface area contributed by atoms with Crippen molar-refractivity contribution in [1.82, 2.24) is 9.97 Å². The smallest absolute Gasteiger partial charge is 0.322 e. The first-order valence-electron chi connectivity index (χ1n) is 6.18. The second-order valence-corrected chi connectivity index (χ2v) is 4.01. The Bertz CT molecular complexity index is 536. The van der Waals surface area contributed by atoms with Crippen molar-refractivity contribution >= 4 is 0 Å². The van der Waals surface area contributed by atoms with E-state index >= 15 is 0 Å². The van der Waals surface area contributed by atoms with Gasteiger partial charge in [-0.2, -0.15) is 0 Å². The topological polar surface area (TPSA) is 79.5 Å². The Hall–Kier alpha value is -2.34. The van der Waals surface area contributed by atoms with Crippen molar-refractivity contribution in [2.45, 2.75) is 6.42 Å². The molecule has 1 aromatic heterocycles. The number of benzene rings is 1.